The summed E-state index contributed by atoms with van der Waals surface area (Å²) < 4.78 is 39.8. The molecule has 0 atom stereocenters. The molecule has 3 nitrogen and oxygen atoms in total. The van der Waals surface area contributed by atoms with Gasteiger partial charge in [-0.3, -0.25) is 4.79 Å². The molecule has 118 valence electrons. The SMILES string of the molecule is CC(C)(CCCl)CNC(=O)c1ccc(OC(F)(F)F)cc1. The summed E-state index contributed by atoms with van der Waals surface area (Å²) >= 11 is 5.67. The standard InChI is InChI=1S/C14H17ClF3NO2/c1-13(2,7-8-15)9-19-12(20)10-3-5-11(6-4-10)21-14(16,17)18/h3-6H,7-9H2,1-2H3,(H,19,20). The van der Waals surface area contributed by atoms with Gasteiger partial charge in [0.2, 0.25) is 0 Å². The molecule has 1 rings (SSSR count). The highest BCUT2D eigenvalue weighted by atomic mass is 35.5. The minimum absolute atomic E-state index is 0.142. The molecule has 0 spiro atoms. The molecule has 0 aromatic heterocycles. The van der Waals surface area contributed by atoms with E-state index in [4.69, 9.17) is 11.6 Å². The van der Waals surface area contributed by atoms with E-state index in [1.165, 1.54) is 12.1 Å². The molecule has 7 heteroatoms. The molecule has 0 aliphatic carbocycles. The van der Waals surface area contributed by atoms with Crippen molar-refractivity contribution in [1.82, 2.24) is 5.32 Å². The zero-order chi connectivity index (χ0) is 16.1. The van der Waals surface area contributed by atoms with E-state index in [0.29, 0.717) is 12.4 Å². The average molecular weight is 324 g/mol. The van der Waals surface area contributed by atoms with Crippen molar-refractivity contribution in [1.29, 1.82) is 0 Å². The van der Waals surface area contributed by atoms with Crippen molar-refractivity contribution in [3.8, 4) is 5.75 Å². The summed E-state index contributed by atoms with van der Waals surface area (Å²) in [4.78, 5) is 11.9. The Morgan fingerprint density at radius 2 is 1.81 bits per heavy atom. The normalized spacial score (nSPS) is 12.1. The third kappa shape index (κ3) is 6.71. The number of carbonyl (C=O) groups excluding carboxylic acids is 1. The van der Waals surface area contributed by atoms with Gasteiger partial charge < -0.3 is 10.1 Å². The van der Waals surface area contributed by atoms with Crippen molar-refractivity contribution < 1.29 is 22.7 Å². The van der Waals surface area contributed by atoms with Gasteiger partial charge in [0.15, 0.2) is 0 Å². The summed E-state index contributed by atoms with van der Waals surface area (Å²) in [6.07, 6.45) is -4.00. The van der Waals surface area contributed by atoms with Gasteiger partial charge in [0.25, 0.3) is 5.91 Å². The van der Waals surface area contributed by atoms with Crippen LogP contribution in [0.4, 0.5) is 13.2 Å². The lowest BCUT2D eigenvalue weighted by molar-refractivity contribution is -0.274. The van der Waals surface area contributed by atoms with Crippen molar-refractivity contribution in [2.75, 3.05) is 12.4 Å². The van der Waals surface area contributed by atoms with Gasteiger partial charge >= 0.3 is 6.36 Å². The van der Waals surface area contributed by atoms with Crippen LogP contribution in [-0.4, -0.2) is 24.7 Å². The quantitative estimate of drug-likeness (QED) is 0.804. The van der Waals surface area contributed by atoms with Gasteiger partial charge in [-0.05, 0) is 36.1 Å². The molecular formula is C14H17ClF3NO2. The summed E-state index contributed by atoms with van der Waals surface area (Å²) in [5, 5.41) is 2.73. The van der Waals surface area contributed by atoms with Crippen LogP contribution in [0.3, 0.4) is 0 Å². The van der Waals surface area contributed by atoms with E-state index in [-0.39, 0.29) is 22.6 Å². The fraction of sp³-hybridized carbons (Fsp3) is 0.500. The van der Waals surface area contributed by atoms with Gasteiger partial charge in [0.05, 0.1) is 0 Å². The summed E-state index contributed by atoms with van der Waals surface area (Å²) in [5.74, 6) is -0.218. The second kappa shape index (κ2) is 7.02. The maximum Gasteiger partial charge on any atom is 0.573 e. The van der Waals surface area contributed by atoms with E-state index < -0.39 is 6.36 Å². The third-order valence-electron chi connectivity index (χ3n) is 2.85. The molecular weight excluding hydrogens is 307 g/mol. The molecule has 0 saturated carbocycles. The first-order valence-electron chi connectivity index (χ1n) is 6.33. The molecule has 1 aromatic carbocycles. The Morgan fingerprint density at radius 1 is 1.24 bits per heavy atom. The number of halogens is 4. The minimum atomic E-state index is -4.74. The van der Waals surface area contributed by atoms with Gasteiger partial charge in [0.1, 0.15) is 5.75 Å². The first kappa shape index (κ1) is 17.6. The van der Waals surface area contributed by atoms with Crippen molar-refractivity contribution in [2.24, 2.45) is 5.41 Å². The Balaban J connectivity index is 2.59. The van der Waals surface area contributed by atoms with Crippen molar-refractivity contribution in [2.45, 2.75) is 26.6 Å². The lowest BCUT2D eigenvalue weighted by Gasteiger charge is -2.23. The second-order valence-electron chi connectivity index (χ2n) is 5.36. The molecule has 0 radical (unpaired) electrons. The second-order valence-corrected chi connectivity index (χ2v) is 5.74. The topological polar surface area (TPSA) is 38.3 Å². The van der Waals surface area contributed by atoms with Crippen LogP contribution in [0.2, 0.25) is 0 Å². The van der Waals surface area contributed by atoms with E-state index in [2.05, 4.69) is 10.1 Å². The Kier molecular flexibility index (Phi) is 5.89. The van der Waals surface area contributed by atoms with Crippen LogP contribution in [-0.2, 0) is 0 Å². The van der Waals surface area contributed by atoms with Crippen molar-refractivity contribution in [3.63, 3.8) is 0 Å². The fourth-order valence-corrected chi connectivity index (χ4v) is 2.09. The van der Waals surface area contributed by atoms with Gasteiger partial charge in [-0.15, -0.1) is 24.8 Å². The summed E-state index contributed by atoms with van der Waals surface area (Å²) in [6.45, 7) is 4.37. The highest BCUT2D eigenvalue weighted by Gasteiger charge is 2.31. The molecule has 1 N–H and O–H groups in total. The number of alkyl halides is 4. The average Bonchev–Trinajstić information content (AvgIpc) is 2.35. The Morgan fingerprint density at radius 3 is 2.29 bits per heavy atom. The van der Waals surface area contributed by atoms with Crippen LogP contribution in [0, 0.1) is 5.41 Å². The van der Waals surface area contributed by atoms with Gasteiger partial charge in [-0.1, -0.05) is 13.8 Å². The predicted molar refractivity (Wildman–Crippen MR) is 74.6 cm³/mol. The maximum absolute atomic E-state index is 12.0. The fourth-order valence-electron chi connectivity index (χ4n) is 1.57. The lowest BCUT2D eigenvalue weighted by Crippen LogP contribution is -2.34. The Labute approximate surface area is 126 Å². The Hall–Kier alpha value is -1.43. The minimum Gasteiger partial charge on any atom is -0.406 e. The molecule has 0 fully saturated rings. The smallest absolute Gasteiger partial charge is 0.406 e. The van der Waals surface area contributed by atoms with Crippen LogP contribution < -0.4 is 10.1 Å². The van der Waals surface area contributed by atoms with Crippen LogP contribution >= 0.6 is 11.6 Å². The molecule has 0 saturated heterocycles. The third-order valence-corrected chi connectivity index (χ3v) is 3.04. The highest BCUT2D eigenvalue weighted by molar-refractivity contribution is 6.17. The largest absolute Gasteiger partial charge is 0.573 e. The summed E-state index contributed by atoms with van der Waals surface area (Å²) in [7, 11) is 0. The highest BCUT2D eigenvalue weighted by Crippen LogP contribution is 2.23. The van der Waals surface area contributed by atoms with Gasteiger partial charge in [-0.25, -0.2) is 0 Å². The predicted octanol–water partition coefficient (Wildman–Crippen LogP) is 3.97. The first-order chi connectivity index (χ1) is 9.63. The number of amides is 1. The van der Waals surface area contributed by atoms with Crippen LogP contribution in [0.1, 0.15) is 30.6 Å². The number of carbonyl (C=O) groups is 1. The van der Waals surface area contributed by atoms with Crippen molar-refractivity contribution >= 4 is 17.5 Å². The molecule has 0 aliphatic heterocycles. The summed E-state index contributed by atoms with van der Waals surface area (Å²) in [6, 6.07) is 4.77. The number of hydrogen-bond acceptors (Lipinski definition) is 2. The molecule has 0 unspecified atom stereocenters. The van der Waals surface area contributed by atoms with Crippen LogP contribution in [0.15, 0.2) is 24.3 Å². The monoisotopic (exact) mass is 323 g/mol. The molecule has 1 aromatic rings. The van der Waals surface area contributed by atoms with E-state index in [1.54, 1.807) is 0 Å². The van der Waals surface area contributed by atoms with Crippen LogP contribution in [0.5, 0.6) is 5.75 Å². The molecule has 0 heterocycles. The van der Waals surface area contributed by atoms with Crippen molar-refractivity contribution in [3.05, 3.63) is 29.8 Å². The zero-order valence-corrected chi connectivity index (χ0v) is 12.5. The van der Waals surface area contributed by atoms with E-state index in [9.17, 15) is 18.0 Å². The molecule has 0 bridgehead atoms. The van der Waals surface area contributed by atoms with E-state index >= 15 is 0 Å². The number of hydrogen-bond donors (Lipinski definition) is 1. The van der Waals surface area contributed by atoms with E-state index in [1.807, 2.05) is 13.8 Å². The number of benzene rings is 1. The van der Waals surface area contributed by atoms with Gasteiger partial charge in [-0.2, -0.15) is 0 Å². The number of rotatable bonds is 6. The molecule has 1 amide bonds. The molecule has 21 heavy (non-hydrogen) atoms. The Bertz CT molecular complexity index is 472. The van der Waals surface area contributed by atoms with E-state index in [0.717, 1.165) is 18.6 Å². The summed E-state index contributed by atoms with van der Waals surface area (Å²) in [5.41, 5.74) is 0.128. The van der Waals surface area contributed by atoms with Crippen LogP contribution in [0.25, 0.3) is 0 Å². The number of nitrogens with one attached hydrogen (secondary N) is 1. The zero-order valence-electron chi connectivity index (χ0n) is 11.8. The number of ether oxygens (including phenoxy) is 1. The molecule has 0 aliphatic rings. The first-order valence-corrected chi connectivity index (χ1v) is 6.86. The van der Waals surface area contributed by atoms with Gasteiger partial charge in [0, 0.05) is 18.0 Å². The maximum atomic E-state index is 12.0. The lowest BCUT2D eigenvalue weighted by atomic mass is 9.90.